The number of nitrogens with two attached hydrogens (primary N) is 1. The van der Waals surface area contributed by atoms with E-state index in [1.54, 1.807) is 0 Å². The quantitative estimate of drug-likeness (QED) is 0.811. The number of thioether (sulfide) groups is 1. The highest BCUT2D eigenvalue weighted by Crippen LogP contribution is 2.20. The predicted octanol–water partition coefficient (Wildman–Crippen LogP) is 2.17. The van der Waals surface area contributed by atoms with E-state index < -0.39 is 17.5 Å². The number of halogens is 2. The van der Waals surface area contributed by atoms with Gasteiger partial charge in [0.05, 0.1) is 5.56 Å². The van der Waals surface area contributed by atoms with Crippen molar-refractivity contribution in [3.8, 4) is 0 Å². The molecule has 1 aromatic rings. The van der Waals surface area contributed by atoms with Crippen molar-refractivity contribution < 1.29 is 13.6 Å². The van der Waals surface area contributed by atoms with E-state index in [-0.39, 0.29) is 17.3 Å². The van der Waals surface area contributed by atoms with Crippen molar-refractivity contribution >= 4 is 23.4 Å². The lowest BCUT2D eigenvalue weighted by atomic mass is 10.1. The Kier molecular flexibility index (Phi) is 4.06. The molecule has 0 unspecified atom stereocenters. The van der Waals surface area contributed by atoms with Crippen molar-refractivity contribution in [3.63, 3.8) is 0 Å². The first-order chi connectivity index (χ1) is 8.58. The SMILES string of the molecule is Nc1cc(F)c(F)cc1C(=O)NC1CCSCC1. The molecule has 1 aliphatic heterocycles. The minimum absolute atomic E-state index is 0.00729. The lowest BCUT2D eigenvalue weighted by Gasteiger charge is -2.22. The zero-order valence-corrected chi connectivity index (χ0v) is 10.5. The highest BCUT2D eigenvalue weighted by atomic mass is 32.2. The van der Waals surface area contributed by atoms with E-state index in [1.165, 1.54) is 0 Å². The summed E-state index contributed by atoms with van der Waals surface area (Å²) in [6.07, 6.45) is 1.78. The smallest absolute Gasteiger partial charge is 0.253 e. The standard InChI is InChI=1S/C12H14F2N2OS/c13-9-5-8(11(15)6-10(9)14)12(17)16-7-1-3-18-4-2-7/h5-7H,1-4,15H2,(H,16,17). The van der Waals surface area contributed by atoms with Crippen LogP contribution in [-0.2, 0) is 0 Å². The first kappa shape index (κ1) is 13.1. The van der Waals surface area contributed by atoms with Crippen LogP contribution in [0.1, 0.15) is 23.2 Å². The molecule has 2 rings (SSSR count). The molecule has 3 N–H and O–H groups in total. The van der Waals surface area contributed by atoms with Gasteiger partial charge in [-0.05, 0) is 30.4 Å². The van der Waals surface area contributed by atoms with Gasteiger partial charge in [-0.3, -0.25) is 4.79 Å². The van der Waals surface area contributed by atoms with Crippen molar-refractivity contribution in [1.82, 2.24) is 5.32 Å². The number of carbonyl (C=O) groups excluding carboxylic acids is 1. The Hall–Kier alpha value is -1.30. The largest absolute Gasteiger partial charge is 0.398 e. The molecule has 0 aliphatic carbocycles. The maximum Gasteiger partial charge on any atom is 0.253 e. The Morgan fingerprint density at radius 2 is 1.89 bits per heavy atom. The Morgan fingerprint density at radius 3 is 2.56 bits per heavy atom. The summed E-state index contributed by atoms with van der Waals surface area (Å²) in [6, 6.07) is 1.77. The van der Waals surface area contributed by atoms with Gasteiger partial charge < -0.3 is 11.1 Å². The number of carbonyl (C=O) groups is 1. The molecule has 6 heteroatoms. The summed E-state index contributed by atoms with van der Waals surface area (Å²) in [5.41, 5.74) is 5.47. The third-order valence-electron chi connectivity index (χ3n) is 2.89. The molecule has 0 radical (unpaired) electrons. The van der Waals surface area contributed by atoms with Crippen molar-refractivity contribution in [3.05, 3.63) is 29.3 Å². The van der Waals surface area contributed by atoms with Crippen LogP contribution < -0.4 is 11.1 Å². The zero-order chi connectivity index (χ0) is 13.1. The van der Waals surface area contributed by atoms with Gasteiger partial charge in [0.1, 0.15) is 0 Å². The minimum Gasteiger partial charge on any atom is -0.398 e. The Bertz CT molecular complexity index is 462. The minimum atomic E-state index is -1.06. The molecule has 1 saturated heterocycles. The van der Waals surface area contributed by atoms with Crippen LogP contribution in [0, 0.1) is 11.6 Å². The van der Waals surface area contributed by atoms with Crippen molar-refractivity contribution in [2.45, 2.75) is 18.9 Å². The van der Waals surface area contributed by atoms with E-state index in [0.29, 0.717) is 0 Å². The molecule has 0 spiro atoms. The van der Waals surface area contributed by atoms with Crippen LogP contribution >= 0.6 is 11.8 Å². The maximum absolute atomic E-state index is 13.1. The summed E-state index contributed by atoms with van der Waals surface area (Å²) in [5, 5.41) is 2.80. The number of nitrogens with one attached hydrogen (secondary N) is 1. The second kappa shape index (κ2) is 5.56. The molecule has 1 heterocycles. The van der Waals surface area contributed by atoms with E-state index >= 15 is 0 Å². The second-order valence-electron chi connectivity index (χ2n) is 4.21. The van der Waals surface area contributed by atoms with Crippen LogP contribution in [-0.4, -0.2) is 23.5 Å². The molecular weight excluding hydrogens is 258 g/mol. The van der Waals surface area contributed by atoms with E-state index in [9.17, 15) is 13.6 Å². The van der Waals surface area contributed by atoms with Crippen LogP contribution in [0.3, 0.4) is 0 Å². The molecule has 3 nitrogen and oxygen atoms in total. The van der Waals surface area contributed by atoms with Gasteiger partial charge in [-0.1, -0.05) is 0 Å². The van der Waals surface area contributed by atoms with E-state index in [1.807, 2.05) is 11.8 Å². The number of benzene rings is 1. The highest BCUT2D eigenvalue weighted by Gasteiger charge is 2.19. The summed E-state index contributed by atoms with van der Waals surface area (Å²) in [7, 11) is 0. The molecule has 0 bridgehead atoms. The molecule has 1 aliphatic rings. The van der Waals surface area contributed by atoms with Crippen LogP contribution in [0.4, 0.5) is 14.5 Å². The average Bonchev–Trinajstić information content (AvgIpc) is 2.35. The van der Waals surface area contributed by atoms with E-state index in [2.05, 4.69) is 5.32 Å². The fourth-order valence-electron chi connectivity index (χ4n) is 1.86. The lowest BCUT2D eigenvalue weighted by molar-refractivity contribution is 0.0935. The lowest BCUT2D eigenvalue weighted by Crippen LogP contribution is -2.37. The number of rotatable bonds is 2. The molecule has 18 heavy (non-hydrogen) atoms. The Labute approximate surface area is 108 Å². The highest BCUT2D eigenvalue weighted by molar-refractivity contribution is 7.99. The molecule has 98 valence electrons. The van der Waals surface area contributed by atoms with Gasteiger partial charge in [0.25, 0.3) is 5.91 Å². The Balaban J connectivity index is 2.10. The third-order valence-corrected chi connectivity index (χ3v) is 3.94. The predicted molar refractivity (Wildman–Crippen MR) is 68.6 cm³/mol. The molecule has 0 saturated carbocycles. The number of nitrogen functional groups attached to an aromatic ring is 1. The number of anilines is 1. The second-order valence-corrected chi connectivity index (χ2v) is 5.44. The summed E-state index contributed by atoms with van der Waals surface area (Å²) in [6.45, 7) is 0. The maximum atomic E-state index is 13.1. The van der Waals surface area contributed by atoms with Gasteiger partial charge in [0.15, 0.2) is 11.6 Å². The summed E-state index contributed by atoms with van der Waals surface area (Å²) >= 11 is 1.84. The summed E-state index contributed by atoms with van der Waals surface area (Å²) in [4.78, 5) is 11.9. The number of hydrogen-bond donors (Lipinski definition) is 2. The first-order valence-corrected chi connectivity index (χ1v) is 6.86. The fraction of sp³-hybridized carbons (Fsp3) is 0.417. The first-order valence-electron chi connectivity index (χ1n) is 5.71. The molecule has 0 aromatic heterocycles. The number of amides is 1. The van der Waals surface area contributed by atoms with Crippen molar-refractivity contribution in [1.29, 1.82) is 0 Å². The van der Waals surface area contributed by atoms with Gasteiger partial charge >= 0.3 is 0 Å². The monoisotopic (exact) mass is 272 g/mol. The van der Waals surface area contributed by atoms with Gasteiger partial charge in [-0.2, -0.15) is 11.8 Å². The van der Waals surface area contributed by atoms with Crippen LogP contribution in [0.25, 0.3) is 0 Å². The van der Waals surface area contributed by atoms with Gasteiger partial charge in [-0.15, -0.1) is 0 Å². The average molecular weight is 272 g/mol. The van der Waals surface area contributed by atoms with E-state index in [0.717, 1.165) is 36.5 Å². The summed E-state index contributed by atoms with van der Waals surface area (Å²) in [5.74, 6) is -0.550. The van der Waals surface area contributed by atoms with Crippen LogP contribution in [0.15, 0.2) is 12.1 Å². The van der Waals surface area contributed by atoms with Crippen molar-refractivity contribution in [2.75, 3.05) is 17.2 Å². The third kappa shape index (κ3) is 2.93. The van der Waals surface area contributed by atoms with Crippen molar-refractivity contribution in [2.24, 2.45) is 0 Å². The molecule has 1 aromatic carbocycles. The van der Waals surface area contributed by atoms with Crippen LogP contribution in [0.5, 0.6) is 0 Å². The fourth-order valence-corrected chi connectivity index (χ4v) is 2.97. The molecule has 0 atom stereocenters. The molecular formula is C12H14F2N2OS. The summed E-state index contributed by atoms with van der Waals surface area (Å²) < 4.78 is 26.0. The van der Waals surface area contributed by atoms with E-state index in [4.69, 9.17) is 5.73 Å². The molecule has 1 fully saturated rings. The van der Waals surface area contributed by atoms with Gasteiger partial charge in [-0.25, -0.2) is 8.78 Å². The normalized spacial score (nSPS) is 16.6. The van der Waals surface area contributed by atoms with Crippen LogP contribution in [0.2, 0.25) is 0 Å². The zero-order valence-electron chi connectivity index (χ0n) is 9.71. The van der Waals surface area contributed by atoms with Gasteiger partial charge in [0, 0.05) is 17.8 Å². The topological polar surface area (TPSA) is 55.1 Å². The Morgan fingerprint density at radius 1 is 1.28 bits per heavy atom. The number of hydrogen-bond acceptors (Lipinski definition) is 3. The van der Waals surface area contributed by atoms with Gasteiger partial charge in [0.2, 0.25) is 0 Å². The molecule has 1 amide bonds.